The molecule has 0 amide bonds. The first-order valence-corrected chi connectivity index (χ1v) is 6.03. The zero-order valence-corrected chi connectivity index (χ0v) is 10.4. The Hall–Kier alpha value is -1.83. The van der Waals surface area contributed by atoms with E-state index >= 15 is 0 Å². The smallest absolute Gasteiger partial charge is 0.131 e. The van der Waals surface area contributed by atoms with Gasteiger partial charge in [-0.05, 0) is 35.6 Å². The van der Waals surface area contributed by atoms with Crippen LogP contribution in [0.15, 0.2) is 42.6 Å². The molecule has 1 atom stereocenters. The third-order valence-corrected chi connectivity index (χ3v) is 3.24. The van der Waals surface area contributed by atoms with Crippen LogP contribution in [-0.2, 0) is 0 Å². The fourth-order valence-electron chi connectivity index (χ4n) is 1.89. The molecule has 2 N–H and O–H groups in total. The SMILES string of the molecule is CC[C@H](C)c1ccc(-c2cccnc2N)cc1. The summed E-state index contributed by atoms with van der Waals surface area (Å²) in [5.41, 5.74) is 9.37. The predicted octanol–water partition coefficient (Wildman–Crippen LogP) is 3.84. The Morgan fingerprint density at radius 3 is 2.47 bits per heavy atom. The van der Waals surface area contributed by atoms with Crippen molar-refractivity contribution in [1.29, 1.82) is 0 Å². The van der Waals surface area contributed by atoms with Crippen molar-refractivity contribution in [3.8, 4) is 11.1 Å². The molecular weight excluding hydrogens is 208 g/mol. The number of nitrogen functional groups attached to an aromatic ring is 1. The van der Waals surface area contributed by atoms with Gasteiger partial charge in [0.1, 0.15) is 5.82 Å². The minimum atomic E-state index is 0.587. The van der Waals surface area contributed by atoms with Crippen LogP contribution >= 0.6 is 0 Å². The van der Waals surface area contributed by atoms with Gasteiger partial charge in [0.15, 0.2) is 0 Å². The molecule has 1 aromatic heterocycles. The third-order valence-electron chi connectivity index (χ3n) is 3.24. The minimum Gasteiger partial charge on any atom is -0.383 e. The van der Waals surface area contributed by atoms with E-state index in [4.69, 9.17) is 5.73 Å². The van der Waals surface area contributed by atoms with Gasteiger partial charge in [-0.25, -0.2) is 4.98 Å². The van der Waals surface area contributed by atoms with Gasteiger partial charge in [-0.1, -0.05) is 38.1 Å². The molecule has 0 bridgehead atoms. The average Bonchev–Trinajstić information content (AvgIpc) is 2.39. The molecule has 0 spiro atoms. The van der Waals surface area contributed by atoms with Crippen molar-refractivity contribution < 1.29 is 0 Å². The molecule has 0 saturated carbocycles. The number of hydrogen-bond donors (Lipinski definition) is 1. The van der Waals surface area contributed by atoms with Crippen LogP contribution in [0.25, 0.3) is 11.1 Å². The first kappa shape index (κ1) is 11.6. The van der Waals surface area contributed by atoms with Gasteiger partial charge in [-0.15, -0.1) is 0 Å². The van der Waals surface area contributed by atoms with E-state index in [0.717, 1.165) is 17.5 Å². The first-order chi connectivity index (χ1) is 8.22. The maximum absolute atomic E-state index is 5.87. The molecule has 0 radical (unpaired) electrons. The fraction of sp³-hybridized carbons (Fsp3) is 0.267. The van der Waals surface area contributed by atoms with Gasteiger partial charge < -0.3 is 5.73 Å². The van der Waals surface area contributed by atoms with Crippen molar-refractivity contribution in [1.82, 2.24) is 4.98 Å². The molecule has 0 saturated heterocycles. The van der Waals surface area contributed by atoms with E-state index in [1.54, 1.807) is 6.20 Å². The maximum atomic E-state index is 5.87. The highest BCUT2D eigenvalue weighted by atomic mass is 14.8. The summed E-state index contributed by atoms with van der Waals surface area (Å²) in [6.45, 7) is 4.45. The van der Waals surface area contributed by atoms with Crippen molar-refractivity contribution in [3.63, 3.8) is 0 Å². The molecule has 2 nitrogen and oxygen atoms in total. The Balaban J connectivity index is 2.33. The summed E-state index contributed by atoms with van der Waals surface area (Å²) in [6, 6.07) is 12.5. The van der Waals surface area contributed by atoms with Crippen LogP contribution in [0.1, 0.15) is 31.7 Å². The molecule has 0 aliphatic heterocycles. The van der Waals surface area contributed by atoms with E-state index in [1.165, 1.54) is 5.56 Å². The fourth-order valence-corrected chi connectivity index (χ4v) is 1.89. The van der Waals surface area contributed by atoms with E-state index in [2.05, 4.69) is 43.1 Å². The maximum Gasteiger partial charge on any atom is 0.131 e. The van der Waals surface area contributed by atoms with Gasteiger partial charge >= 0.3 is 0 Å². The van der Waals surface area contributed by atoms with Crippen LogP contribution in [0.3, 0.4) is 0 Å². The molecular formula is C15H18N2. The number of nitrogens with zero attached hydrogens (tertiary/aromatic N) is 1. The molecule has 1 aromatic carbocycles. The minimum absolute atomic E-state index is 0.587. The average molecular weight is 226 g/mol. The Labute approximate surface area is 103 Å². The summed E-state index contributed by atoms with van der Waals surface area (Å²) in [7, 11) is 0. The topological polar surface area (TPSA) is 38.9 Å². The second-order valence-corrected chi connectivity index (χ2v) is 4.37. The van der Waals surface area contributed by atoms with E-state index < -0.39 is 0 Å². The molecule has 17 heavy (non-hydrogen) atoms. The van der Waals surface area contributed by atoms with E-state index in [-0.39, 0.29) is 0 Å². The van der Waals surface area contributed by atoms with Crippen molar-refractivity contribution in [2.75, 3.05) is 5.73 Å². The summed E-state index contributed by atoms with van der Waals surface area (Å²) in [5.74, 6) is 1.19. The summed E-state index contributed by atoms with van der Waals surface area (Å²) < 4.78 is 0. The van der Waals surface area contributed by atoms with Gasteiger partial charge in [0.2, 0.25) is 0 Å². The normalized spacial score (nSPS) is 12.4. The predicted molar refractivity (Wildman–Crippen MR) is 72.8 cm³/mol. The lowest BCUT2D eigenvalue weighted by molar-refractivity contribution is 0.734. The highest BCUT2D eigenvalue weighted by molar-refractivity contribution is 5.73. The summed E-state index contributed by atoms with van der Waals surface area (Å²) in [6.07, 6.45) is 2.88. The highest BCUT2D eigenvalue weighted by Gasteiger charge is 2.05. The Morgan fingerprint density at radius 2 is 1.88 bits per heavy atom. The van der Waals surface area contributed by atoms with Gasteiger partial charge in [-0.3, -0.25) is 0 Å². The van der Waals surface area contributed by atoms with Crippen LogP contribution < -0.4 is 5.73 Å². The molecule has 0 fully saturated rings. The van der Waals surface area contributed by atoms with Crippen molar-refractivity contribution >= 4 is 5.82 Å². The quantitative estimate of drug-likeness (QED) is 0.863. The van der Waals surface area contributed by atoms with E-state index in [9.17, 15) is 0 Å². The van der Waals surface area contributed by atoms with Gasteiger partial charge in [0.05, 0.1) is 0 Å². The zero-order valence-electron chi connectivity index (χ0n) is 10.4. The van der Waals surface area contributed by atoms with Crippen molar-refractivity contribution in [2.24, 2.45) is 0 Å². The molecule has 2 rings (SSSR count). The molecule has 2 aromatic rings. The van der Waals surface area contributed by atoms with Gasteiger partial charge in [0, 0.05) is 11.8 Å². The number of rotatable bonds is 3. The number of aromatic nitrogens is 1. The zero-order chi connectivity index (χ0) is 12.3. The Bertz CT molecular complexity index is 489. The van der Waals surface area contributed by atoms with Gasteiger partial charge in [-0.2, -0.15) is 0 Å². The second-order valence-electron chi connectivity index (χ2n) is 4.37. The number of nitrogens with two attached hydrogens (primary N) is 1. The summed E-state index contributed by atoms with van der Waals surface area (Å²) in [4.78, 5) is 4.11. The first-order valence-electron chi connectivity index (χ1n) is 6.03. The molecule has 0 aliphatic carbocycles. The lowest BCUT2D eigenvalue weighted by atomic mass is 9.96. The number of pyridine rings is 1. The summed E-state index contributed by atoms with van der Waals surface area (Å²) in [5, 5.41) is 0. The molecule has 0 unspecified atom stereocenters. The lowest BCUT2D eigenvalue weighted by Gasteiger charge is -2.10. The van der Waals surface area contributed by atoms with Crippen LogP contribution in [0, 0.1) is 0 Å². The van der Waals surface area contributed by atoms with E-state index in [0.29, 0.717) is 11.7 Å². The van der Waals surface area contributed by atoms with Crippen LogP contribution in [0.4, 0.5) is 5.82 Å². The molecule has 0 aliphatic rings. The third kappa shape index (κ3) is 2.47. The van der Waals surface area contributed by atoms with Gasteiger partial charge in [0.25, 0.3) is 0 Å². The lowest BCUT2D eigenvalue weighted by Crippen LogP contribution is -1.94. The van der Waals surface area contributed by atoms with Crippen LogP contribution in [-0.4, -0.2) is 4.98 Å². The molecule has 88 valence electrons. The Morgan fingerprint density at radius 1 is 1.18 bits per heavy atom. The highest BCUT2D eigenvalue weighted by Crippen LogP contribution is 2.26. The van der Waals surface area contributed by atoms with Crippen LogP contribution in [0.2, 0.25) is 0 Å². The largest absolute Gasteiger partial charge is 0.383 e. The standard InChI is InChI=1S/C15H18N2/c1-3-11(2)12-6-8-13(9-7-12)14-5-4-10-17-15(14)16/h4-11H,3H2,1-2H3,(H2,16,17)/t11-/m0/s1. The van der Waals surface area contributed by atoms with Crippen LogP contribution in [0.5, 0.6) is 0 Å². The number of anilines is 1. The summed E-state index contributed by atoms with van der Waals surface area (Å²) >= 11 is 0. The molecule has 1 heterocycles. The van der Waals surface area contributed by atoms with Crippen molar-refractivity contribution in [2.45, 2.75) is 26.2 Å². The molecule has 2 heteroatoms. The second kappa shape index (κ2) is 5.00. The number of benzene rings is 1. The van der Waals surface area contributed by atoms with E-state index in [1.807, 2.05) is 12.1 Å². The monoisotopic (exact) mass is 226 g/mol. The Kier molecular flexibility index (Phi) is 3.43. The number of hydrogen-bond acceptors (Lipinski definition) is 2. The van der Waals surface area contributed by atoms with Crippen molar-refractivity contribution in [3.05, 3.63) is 48.2 Å².